The zero-order valence-electron chi connectivity index (χ0n) is 10.3. The maximum atomic E-state index is 11.8. The number of benzene rings is 1. The number of hydrogen-bond donors (Lipinski definition) is 3. The van der Waals surface area contributed by atoms with Gasteiger partial charge >= 0.3 is 0 Å². The average molecular weight is 282 g/mol. The van der Waals surface area contributed by atoms with Gasteiger partial charge in [0.1, 0.15) is 5.75 Å². The van der Waals surface area contributed by atoms with E-state index in [4.69, 9.17) is 5.73 Å². The standard InChI is InChI=1S/C12H14N2O4S/c1-7(15)19-9-4-2-3-8(11(9)17)12(18)14-6-5-10(13)16/h2-4,17H,5-6H2,1H3,(H2,13,16)(H,14,18). The van der Waals surface area contributed by atoms with Crippen molar-refractivity contribution in [1.82, 2.24) is 5.32 Å². The number of para-hydroxylation sites is 1. The molecule has 0 heterocycles. The van der Waals surface area contributed by atoms with E-state index in [0.717, 1.165) is 11.8 Å². The fraction of sp³-hybridized carbons (Fsp3) is 0.250. The van der Waals surface area contributed by atoms with Crippen LogP contribution < -0.4 is 11.1 Å². The van der Waals surface area contributed by atoms with Crippen LogP contribution in [0.5, 0.6) is 5.75 Å². The van der Waals surface area contributed by atoms with Crippen LogP contribution in [0.3, 0.4) is 0 Å². The van der Waals surface area contributed by atoms with Crippen LogP contribution in [0.15, 0.2) is 23.1 Å². The van der Waals surface area contributed by atoms with E-state index in [1.54, 1.807) is 12.1 Å². The molecule has 4 N–H and O–H groups in total. The number of phenols is 1. The zero-order valence-corrected chi connectivity index (χ0v) is 11.1. The molecule has 0 radical (unpaired) electrons. The minimum absolute atomic E-state index is 0.0222. The van der Waals surface area contributed by atoms with E-state index in [9.17, 15) is 19.5 Å². The molecule has 2 amide bonds. The van der Waals surface area contributed by atoms with Crippen LogP contribution in [0, 0.1) is 0 Å². The molecular weight excluding hydrogens is 268 g/mol. The molecule has 0 bridgehead atoms. The lowest BCUT2D eigenvalue weighted by molar-refractivity contribution is -0.117. The van der Waals surface area contributed by atoms with Crippen LogP contribution >= 0.6 is 11.8 Å². The Balaban J connectivity index is 2.79. The lowest BCUT2D eigenvalue weighted by Gasteiger charge is -2.08. The number of nitrogens with two attached hydrogens (primary N) is 1. The van der Waals surface area contributed by atoms with Gasteiger partial charge in [-0.15, -0.1) is 0 Å². The first-order valence-electron chi connectivity index (χ1n) is 5.48. The molecule has 0 aliphatic heterocycles. The monoisotopic (exact) mass is 282 g/mol. The van der Waals surface area contributed by atoms with Crippen LogP contribution in [0.2, 0.25) is 0 Å². The highest BCUT2D eigenvalue weighted by atomic mass is 32.2. The first-order valence-corrected chi connectivity index (χ1v) is 6.30. The Hall–Kier alpha value is -2.02. The second-order valence-corrected chi connectivity index (χ2v) is 4.94. The SMILES string of the molecule is CC(=O)Sc1cccc(C(=O)NCCC(N)=O)c1O. The molecule has 1 aromatic rings. The second-order valence-electron chi connectivity index (χ2n) is 3.72. The molecule has 0 unspecified atom stereocenters. The van der Waals surface area contributed by atoms with E-state index in [1.807, 2.05) is 0 Å². The Morgan fingerprint density at radius 3 is 2.63 bits per heavy atom. The molecule has 0 aliphatic rings. The smallest absolute Gasteiger partial charge is 0.255 e. The summed E-state index contributed by atoms with van der Waals surface area (Å²) in [5.74, 6) is -1.30. The van der Waals surface area contributed by atoms with E-state index in [0.29, 0.717) is 4.90 Å². The number of amides is 2. The van der Waals surface area contributed by atoms with E-state index in [1.165, 1.54) is 13.0 Å². The summed E-state index contributed by atoms with van der Waals surface area (Å²) < 4.78 is 0. The molecule has 0 saturated heterocycles. The summed E-state index contributed by atoms with van der Waals surface area (Å²) in [7, 11) is 0. The molecule has 1 rings (SSSR count). The highest BCUT2D eigenvalue weighted by molar-refractivity contribution is 8.13. The van der Waals surface area contributed by atoms with Gasteiger partial charge in [-0.25, -0.2) is 0 Å². The fourth-order valence-electron chi connectivity index (χ4n) is 1.34. The Morgan fingerprint density at radius 1 is 1.37 bits per heavy atom. The summed E-state index contributed by atoms with van der Waals surface area (Å²) in [4.78, 5) is 33.6. The summed E-state index contributed by atoms with van der Waals surface area (Å²) >= 11 is 0.842. The number of nitrogens with one attached hydrogen (secondary N) is 1. The van der Waals surface area contributed by atoms with Gasteiger partial charge in [-0.05, 0) is 23.9 Å². The summed E-state index contributed by atoms with van der Waals surface area (Å²) in [5.41, 5.74) is 5.00. The number of primary amides is 1. The zero-order chi connectivity index (χ0) is 14.4. The molecular formula is C12H14N2O4S. The number of hydrogen-bond acceptors (Lipinski definition) is 5. The molecule has 0 atom stereocenters. The second kappa shape index (κ2) is 6.79. The minimum atomic E-state index is -0.523. The third-order valence-corrected chi connectivity index (χ3v) is 2.99. The molecule has 0 fully saturated rings. The largest absolute Gasteiger partial charge is 0.506 e. The Labute approximate surface area is 114 Å². The van der Waals surface area contributed by atoms with Crippen LogP contribution in [-0.2, 0) is 9.59 Å². The maximum Gasteiger partial charge on any atom is 0.255 e. The molecule has 6 nitrogen and oxygen atoms in total. The van der Waals surface area contributed by atoms with E-state index in [-0.39, 0.29) is 29.4 Å². The lowest BCUT2D eigenvalue weighted by Crippen LogP contribution is -2.27. The van der Waals surface area contributed by atoms with Crippen molar-refractivity contribution in [1.29, 1.82) is 0 Å². The van der Waals surface area contributed by atoms with Gasteiger partial charge in [0.05, 0.1) is 10.5 Å². The average Bonchev–Trinajstić information content (AvgIpc) is 2.30. The first kappa shape index (κ1) is 15.0. The van der Waals surface area contributed by atoms with Crippen molar-refractivity contribution < 1.29 is 19.5 Å². The summed E-state index contributed by atoms with van der Waals surface area (Å²) in [6.45, 7) is 1.46. The first-order chi connectivity index (χ1) is 8.91. The third-order valence-electron chi connectivity index (χ3n) is 2.15. The molecule has 102 valence electrons. The number of phenolic OH excluding ortho intramolecular Hbond substituents is 1. The van der Waals surface area contributed by atoms with Gasteiger partial charge in [0.15, 0.2) is 5.12 Å². The predicted molar refractivity (Wildman–Crippen MR) is 70.8 cm³/mol. The van der Waals surface area contributed by atoms with Crippen LogP contribution in [0.1, 0.15) is 23.7 Å². The van der Waals surface area contributed by atoms with Crippen molar-refractivity contribution in [3.8, 4) is 5.75 Å². The van der Waals surface area contributed by atoms with Crippen molar-refractivity contribution in [2.45, 2.75) is 18.2 Å². The molecule has 0 aromatic heterocycles. The van der Waals surface area contributed by atoms with Crippen molar-refractivity contribution in [2.75, 3.05) is 6.54 Å². The van der Waals surface area contributed by atoms with E-state index < -0.39 is 11.8 Å². The van der Waals surface area contributed by atoms with E-state index in [2.05, 4.69) is 5.32 Å². The van der Waals surface area contributed by atoms with Crippen LogP contribution in [-0.4, -0.2) is 28.6 Å². The fourth-order valence-corrected chi connectivity index (χ4v) is 2.00. The number of aromatic hydroxyl groups is 1. The van der Waals surface area contributed by atoms with Gasteiger partial charge in [-0.1, -0.05) is 6.07 Å². The number of carbonyl (C=O) groups is 3. The van der Waals surface area contributed by atoms with Crippen molar-refractivity contribution >= 4 is 28.7 Å². The molecule has 0 aliphatic carbocycles. The highest BCUT2D eigenvalue weighted by Gasteiger charge is 2.15. The number of thioether (sulfide) groups is 1. The summed E-state index contributed by atoms with van der Waals surface area (Å²) in [5, 5.41) is 12.2. The molecule has 7 heteroatoms. The third kappa shape index (κ3) is 4.63. The van der Waals surface area contributed by atoms with Gasteiger partial charge in [0.25, 0.3) is 5.91 Å². The van der Waals surface area contributed by atoms with E-state index >= 15 is 0 Å². The lowest BCUT2D eigenvalue weighted by atomic mass is 10.2. The number of carbonyl (C=O) groups excluding carboxylic acids is 3. The van der Waals surface area contributed by atoms with Crippen molar-refractivity contribution in [3.05, 3.63) is 23.8 Å². The van der Waals surface area contributed by atoms with Crippen molar-refractivity contribution in [3.63, 3.8) is 0 Å². The molecule has 1 aromatic carbocycles. The molecule has 19 heavy (non-hydrogen) atoms. The van der Waals surface area contributed by atoms with Crippen LogP contribution in [0.4, 0.5) is 0 Å². The van der Waals surface area contributed by atoms with Crippen molar-refractivity contribution in [2.24, 2.45) is 5.73 Å². The number of rotatable bonds is 5. The summed E-state index contributed by atoms with van der Waals surface area (Å²) in [6.07, 6.45) is 0.0222. The normalized spacial score (nSPS) is 9.95. The predicted octanol–water partition coefficient (Wildman–Crippen LogP) is 0.636. The van der Waals surface area contributed by atoms with Gasteiger partial charge in [0.2, 0.25) is 5.91 Å². The molecule has 0 saturated carbocycles. The quantitative estimate of drug-likeness (QED) is 0.686. The Bertz CT molecular complexity index is 516. The Morgan fingerprint density at radius 2 is 2.05 bits per heavy atom. The minimum Gasteiger partial charge on any atom is -0.506 e. The van der Waals surface area contributed by atoms with Gasteiger partial charge in [0, 0.05) is 19.9 Å². The Kier molecular flexibility index (Phi) is 5.37. The molecule has 0 spiro atoms. The van der Waals surface area contributed by atoms with Gasteiger partial charge in [-0.2, -0.15) is 0 Å². The maximum absolute atomic E-state index is 11.8. The summed E-state index contributed by atoms with van der Waals surface area (Å²) in [6, 6.07) is 4.54. The van der Waals surface area contributed by atoms with Crippen LogP contribution in [0.25, 0.3) is 0 Å². The highest BCUT2D eigenvalue weighted by Crippen LogP contribution is 2.31. The van der Waals surface area contributed by atoms with Gasteiger partial charge < -0.3 is 16.2 Å². The van der Waals surface area contributed by atoms with Gasteiger partial charge in [-0.3, -0.25) is 14.4 Å². The topological polar surface area (TPSA) is 109 Å².